The molecule has 0 spiro atoms. The minimum Gasteiger partial charge on any atom is -0.355 e. The summed E-state index contributed by atoms with van der Waals surface area (Å²) in [7, 11) is 0. The Balaban J connectivity index is 2.02. The Labute approximate surface area is 113 Å². The molecule has 0 aromatic heterocycles. The number of carbonyl (C=O) groups excluding carboxylic acids is 1. The molecule has 2 rings (SSSR count). The Morgan fingerprint density at radius 3 is 2.78 bits per heavy atom. The monoisotopic (exact) mass is 266 g/mol. The van der Waals surface area contributed by atoms with Gasteiger partial charge in [0.2, 0.25) is 5.91 Å². The summed E-state index contributed by atoms with van der Waals surface area (Å²) >= 11 is 5.97. The molecular formula is C14H19ClN2O. The second kappa shape index (κ2) is 5.29. The van der Waals surface area contributed by atoms with Gasteiger partial charge in [-0.15, -0.1) is 0 Å². The largest absolute Gasteiger partial charge is 0.355 e. The summed E-state index contributed by atoms with van der Waals surface area (Å²) in [5.74, 6) is 0.626. The number of halogens is 1. The third-order valence-corrected chi connectivity index (χ3v) is 3.77. The predicted molar refractivity (Wildman–Crippen MR) is 73.8 cm³/mol. The fourth-order valence-corrected chi connectivity index (χ4v) is 2.15. The molecule has 0 aliphatic carbocycles. The van der Waals surface area contributed by atoms with Gasteiger partial charge in [0.25, 0.3) is 0 Å². The van der Waals surface area contributed by atoms with E-state index in [1.165, 1.54) is 0 Å². The molecule has 1 aromatic carbocycles. The number of rotatable bonds is 4. The highest BCUT2D eigenvalue weighted by molar-refractivity contribution is 6.30. The smallest absolute Gasteiger partial charge is 0.230 e. The first kappa shape index (κ1) is 13.4. The molecule has 0 radical (unpaired) electrons. The van der Waals surface area contributed by atoms with Crippen molar-refractivity contribution in [1.82, 2.24) is 10.6 Å². The van der Waals surface area contributed by atoms with Crippen molar-refractivity contribution >= 4 is 17.5 Å². The normalized spacial score (nSPS) is 16.2. The van der Waals surface area contributed by atoms with E-state index in [9.17, 15) is 4.79 Å². The predicted octanol–water partition coefficient (Wildman–Crippen LogP) is 1.95. The van der Waals surface area contributed by atoms with Crippen molar-refractivity contribution in [2.75, 3.05) is 19.6 Å². The van der Waals surface area contributed by atoms with E-state index in [4.69, 9.17) is 11.6 Å². The fourth-order valence-electron chi connectivity index (χ4n) is 1.96. The molecule has 4 heteroatoms. The van der Waals surface area contributed by atoms with E-state index in [1.54, 1.807) is 0 Å². The van der Waals surface area contributed by atoms with Crippen LogP contribution in [-0.4, -0.2) is 25.5 Å². The van der Waals surface area contributed by atoms with E-state index >= 15 is 0 Å². The molecule has 3 nitrogen and oxygen atoms in total. The maximum absolute atomic E-state index is 12.2. The number of nitrogens with one attached hydrogen (secondary N) is 2. The molecule has 0 atom stereocenters. The van der Waals surface area contributed by atoms with Crippen molar-refractivity contribution in [2.45, 2.75) is 19.3 Å². The van der Waals surface area contributed by atoms with Gasteiger partial charge >= 0.3 is 0 Å². The molecule has 0 saturated carbocycles. The maximum Gasteiger partial charge on any atom is 0.230 e. The zero-order valence-corrected chi connectivity index (χ0v) is 11.6. The van der Waals surface area contributed by atoms with Crippen molar-refractivity contribution in [2.24, 2.45) is 5.92 Å². The van der Waals surface area contributed by atoms with Gasteiger partial charge in [-0.2, -0.15) is 0 Å². The Morgan fingerprint density at radius 1 is 1.50 bits per heavy atom. The SMILES string of the molecule is CC(C)(C(=O)NCC1CNC1)c1cccc(Cl)c1. The highest BCUT2D eigenvalue weighted by atomic mass is 35.5. The Kier molecular flexibility index (Phi) is 3.93. The van der Waals surface area contributed by atoms with Crippen LogP contribution >= 0.6 is 11.6 Å². The van der Waals surface area contributed by atoms with Gasteiger partial charge in [-0.3, -0.25) is 4.79 Å². The minimum absolute atomic E-state index is 0.0525. The van der Waals surface area contributed by atoms with Crippen molar-refractivity contribution in [3.05, 3.63) is 34.9 Å². The third kappa shape index (κ3) is 2.85. The molecule has 1 aliphatic rings. The van der Waals surface area contributed by atoms with Crippen molar-refractivity contribution in [1.29, 1.82) is 0 Å². The number of hydrogen-bond acceptors (Lipinski definition) is 2. The second-order valence-corrected chi connectivity index (χ2v) is 5.81. The van der Waals surface area contributed by atoms with Gasteiger partial charge in [-0.05, 0) is 31.5 Å². The van der Waals surface area contributed by atoms with Crippen LogP contribution < -0.4 is 10.6 Å². The number of benzene rings is 1. The van der Waals surface area contributed by atoms with E-state index in [1.807, 2.05) is 38.1 Å². The lowest BCUT2D eigenvalue weighted by Gasteiger charge is -2.30. The molecule has 1 heterocycles. The lowest BCUT2D eigenvalue weighted by molar-refractivity contribution is -0.125. The molecule has 1 fully saturated rings. The molecule has 18 heavy (non-hydrogen) atoms. The van der Waals surface area contributed by atoms with E-state index in [0.717, 1.165) is 25.2 Å². The first-order chi connectivity index (χ1) is 8.50. The molecule has 2 N–H and O–H groups in total. The summed E-state index contributed by atoms with van der Waals surface area (Å²) in [6.45, 7) is 6.59. The zero-order valence-electron chi connectivity index (χ0n) is 10.8. The van der Waals surface area contributed by atoms with E-state index in [-0.39, 0.29) is 5.91 Å². The maximum atomic E-state index is 12.2. The summed E-state index contributed by atoms with van der Waals surface area (Å²) in [5.41, 5.74) is 0.390. The second-order valence-electron chi connectivity index (χ2n) is 5.37. The van der Waals surface area contributed by atoms with Crippen molar-refractivity contribution in [3.63, 3.8) is 0 Å². The standard InChI is InChI=1S/C14H19ClN2O/c1-14(2,11-4-3-5-12(15)6-11)13(18)17-9-10-7-16-8-10/h3-6,10,16H,7-9H2,1-2H3,(H,17,18). The lowest BCUT2D eigenvalue weighted by Crippen LogP contribution is -2.50. The van der Waals surface area contributed by atoms with Crippen molar-refractivity contribution < 1.29 is 4.79 Å². The lowest BCUT2D eigenvalue weighted by atomic mass is 9.83. The van der Waals surface area contributed by atoms with Crippen LogP contribution in [0.15, 0.2) is 24.3 Å². The van der Waals surface area contributed by atoms with E-state index in [2.05, 4.69) is 10.6 Å². The summed E-state index contributed by atoms with van der Waals surface area (Å²) < 4.78 is 0. The highest BCUT2D eigenvalue weighted by Crippen LogP contribution is 2.25. The Morgan fingerprint density at radius 2 is 2.22 bits per heavy atom. The van der Waals surface area contributed by atoms with Crippen LogP contribution in [0.4, 0.5) is 0 Å². The van der Waals surface area contributed by atoms with Crippen LogP contribution in [0.3, 0.4) is 0 Å². The summed E-state index contributed by atoms with van der Waals surface area (Å²) in [6, 6.07) is 7.49. The van der Waals surface area contributed by atoms with Crippen LogP contribution in [0.25, 0.3) is 0 Å². The first-order valence-corrected chi connectivity index (χ1v) is 6.63. The summed E-state index contributed by atoms with van der Waals surface area (Å²) in [5, 5.41) is 6.88. The third-order valence-electron chi connectivity index (χ3n) is 3.53. The van der Waals surface area contributed by atoms with E-state index < -0.39 is 5.41 Å². The average molecular weight is 267 g/mol. The number of amides is 1. The molecule has 1 aliphatic heterocycles. The van der Waals surface area contributed by atoms with Gasteiger partial charge in [0, 0.05) is 30.6 Å². The molecule has 0 bridgehead atoms. The summed E-state index contributed by atoms with van der Waals surface area (Å²) in [6.07, 6.45) is 0. The van der Waals surface area contributed by atoms with Gasteiger partial charge in [0.1, 0.15) is 0 Å². The molecule has 1 aromatic rings. The zero-order chi connectivity index (χ0) is 13.2. The van der Waals surface area contributed by atoms with Gasteiger partial charge in [0.15, 0.2) is 0 Å². The van der Waals surface area contributed by atoms with Crippen LogP contribution in [-0.2, 0) is 10.2 Å². The quantitative estimate of drug-likeness (QED) is 0.875. The van der Waals surface area contributed by atoms with Gasteiger partial charge in [-0.25, -0.2) is 0 Å². The van der Waals surface area contributed by atoms with E-state index in [0.29, 0.717) is 10.9 Å². The van der Waals surface area contributed by atoms with Crippen LogP contribution in [0.1, 0.15) is 19.4 Å². The van der Waals surface area contributed by atoms with Gasteiger partial charge in [-0.1, -0.05) is 23.7 Å². The van der Waals surface area contributed by atoms with Gasteiger partial charge in [0.05, 0.1) is 5.41 Å². The Hall–Kier alpha value is -1.06. The molecule has 98 valence electrons. The fraction of sp³-hybridized carbons (Fsp3) is 0.500. The molecular weight excluding hydrogens is 248 g/mol. The summed E-state index contributed by atoms with van der Waals surface area (Å²) in [4.78, 5) is 12.2. The minimum atomic E-state index is -0.553. The highest BCUT2D eigenvalue weighted by Gasteiger charge is 2.30. The van der Waals surface area contributed by atoms with Crippen LogP contribution in [0.2, 0.25) is 5.02 Å². The van der Waals surface area contributed by atoms with Crippen LogP contribution in [0.5, 0.6) is 0 Å². The molecule has 1 amide bonds. The molecule has 1 saturated heterocycles. The average Bonchev–Trinajstić information content (AvgIpc) is 2.26. The Bertz CT molecular complexity index is 441. The van der Waals surface area contributed by atoms with Gasteiger partial charge < -0.3 is 10.6 Å². The first-order valence-electron chi connectivity index (χ1n) is 6.25. The topological polar surface area (TPSA) is 41.1 Å². The van der Waals surface area contributed by atoms with Crippen molar-refractivity contribution in [3.8, 4) is 0 Å². The molecule has 0 unspecified atom stereocenters. The van der Waals surface area contributed by atoms with Crippen LogP contribution in [0, 0.1) is 5.92 Å². The number of hydrogen-bond donors (Lipinski definition) is 2. The number of carbonyl (C=O) groups is 1.